The van der Waals surface area contributed by atoms with E-state index >= 15 is 0 Å². The van der Waals surface area contributed by atoms with Gasteiger partial charge in [-0.15, -0.1) is 0 Å². The SMILES string of the molecule is COCCC1(C(=O)NCC(O)c2ccc(Cl)c(F)c2)CCCC1. The van der Waals surface area contributed by atoms with Crippen LogP contribution >= 0.6 is 11.6 Å². The predicted molar refractivity (Wildman–Crippen MR) is 86.8 cm³/mol. The monoisotopic (exact) mass is 343 g/mol. The van der Waals surface area contributed by atoms with Crippen molar-refractivity contribution in [3.8, 4) is 0 Å². The van der Waals surface area contributed by atoms with Gasteiger partial charge in [-0.3, -0.25) is 4.79 Å². The lowest BCUT2D eigenvalue weighted by molar-refractivity contribution is -0.132. The van der Waals surface area contributed by atoms with Crippen molar-refractivity contribution in [2.75, 3.05) is 20.3 Å². The van der Waals surface area contributed by atoms with E-state index in [-0.39, 0.29) is 17.5 Å². The highest BCUT2D eigenvalue weighted by Crippen LogP contribution is 2.41. The fourth-order valence-corrected chi connectivity index (χ4v) is 3.27. The first-order chi connectivity index (χ1) is 11.0. The van der Waals surface area contributed by atoms with Crippen LogP contribution in [0.15, 0.2) is 18.2 Å². The van der Waals surface area contributed by atoms with E-state index in [1.165, 1.54) is 12.1 Å². The van der Waals surface area contributed by atoms with Gasteiger partial charge >= 0.3 is 0 Å². The van der Waals surface area contributed by atoms with E-state index in [4.69, 9.17) is 16.3 Å². The fourth-order valence-electron chi connectivity index (χ4n) is 3.15. The number of hydrogen-bond acceptors (Lipinski definition) is 3. The summed E-state index contributed by atoms with van der Waals surface area (Å²) in [6.45, 7) is 0.590. The van der Waals surface area contributed by atoms with Gasteiger partial charge in [0.2, 0.25) is 5.91 Å². The average Bonchev–Trinajstić information content (AvgIpc) is 3.03. The third-order valence-corrected chi connectivity index (χ3v) is 4.92. The van der Waals surface area contributed by atoms with E-state index in [0.717, 1.165) is 25.7 Å². The minimum atomic E-state index is -0.966. The molecular weight excluding hydrogens is 321 g/mol. The number of amides is 1. The summed E-state index contributed by atoms with van der Waals surface area (Å²) in [4.78, 5) is 12.6. The van der Waals surface area contributed by atoms with Gasteiger partial charge in [0.1, 0.15) is 5.82 Å². The highest BCUT2D eigenvalue weighted by molar-refractivity contribution is 6.30. The minimum absolute atomic E-state index is 0.00876. The van der Waals surface area contributed by atoms with Crippen molar-refractivity contribution in [3.63, 3.8) is 0 Å². The zero-order chi connectivity index (χ0) is 16.9. The first kappa shape index (κ1) is 18.2. The van der Waals surface area contributed by atoms with Crippen LogP contribution < -0.4 is 5.32 Å². The van der Waals surface area contributed by atoms with Crippen molar-refractivity contribution < 1.29 is 19.0 Å². The molecule has 1 unspecified atom stereocenters. The molecule has 1 aromatic carbocycles. The normalized spacial score (nSPS) is 17.9. The summed E-state index contributed by atoms with van der Waals surface area (Å²) in [5.41, 5.74) is -0.00870. The summed E-state index contributed by atoms with van der Waals surface area (Å²) in [6, 6.07) is 4.14. The van der Waals surface area contributed by atoms with Crippen LogP contribution in [0.5, 0.6) is 0 Å². The standard InChI is InChI=1S/C17H23ClFNO3/c1-23-9-8-17(6-2-3-7-17)16(22)20-11-15(21)12-4-5-13(18)14(19)10-12/h4-5,10,15,21H,2-3,6-9,11H2,1H3,(H,20,22). The van der Waals surface area contributed by atoms with Crippen LogP contribution in [0.2, 0.25) is 5.02 Å². The van der Waals surface area contributed by atoms with Crippen LogP contribution in [0.3, 0.4) is 0 Å². The first-order valence-corrected chi connectivity index (χ1v) is 8.26. The third-order valence-electron chi connectivity index (χ3n) is 4.61. The topological polar surface area (TPSA) is 58.6 Å². The number of carbonyl (C=O) groups excluding carboxylic acids is 1. The number of carbonyl (C=O) groups is 1. The van der Waals surface area contributed by atoms with Crippen LogP contribution in [0.25, 0.3) is 0 Å². The highest BCUT2D eigenvalue weighted by atomic mass is 35.5. The Labute approximate surface area is 141 Å². The van der Waals surface area contributed by atoms with E-state index in [0.29, 0.717) is 18.6 Å². The van der Waals surface area contributed by atoms with Gasteiger partial charge in [-0.05, 0) is 37.0 Å². The molecule has 4 nitrogen and oxygen atoms in total. The Balaban J connectivity index is 1.95. The Bertz CT molecular complexity index is 547. The van der Waals surface area contributed by atoms with Gasteiger partial charge in [0.05, 0.1) is 16.5 Å². The number of benzene rings is 1. The zero-order valence-electron chi connectivity index (χ0n) is 13.3. The lowest BCUT2D eigenvalue weighted by atomic mass is 9.82. The molecule has 2 N–H and O–H groups in total. The molecule has 128 valence electrons. The van der Waals surface area contributed by atoms with Gasteiger partial charge < -0.3 is 15.2 Å². The Morgan fingerprint density at radius 1 is 1.48 bits per heavy atom. The molecule has 1 aliphatic carbocycles. The number of aliphatic hydroxyl groups excluding tert-OH is 1. The quantitative estimate of drug-likeness (QED) is 0.799. The molecule has 0 aromatic heterocycles. The summed E-state index contributed by atoms with van der Waals surface area (Å²) < 4.78 is 18.6. The third kappa shape index (κ3) is 4.43. The van der Waals surface area contributed by atoms with Gasteiger partial charge in [-0.25, -0.2) is 4.39 Å². The number of aliphatic hydroxyl groups is 1. The molecule has 1 fully saturated rings. The number of methoxy groups -OCH3 is 1. The lowest BCUT2D eigenvalue weighted by Crippen LogP contribution is -2.41. The maximum absolute atomic E-state index is 13.4. The van der Waals surface area contributed by atoms with Crippen LogP contribution in [-0.4, -0.2) is 31.3 Å². The van der Waals surface area contributed by atoms with Gasteiger partial charge in [0.15, 0.2) is 0 Å². The molecule has 1 saturated carbocycles. The van der Waals surface area contributed by atoms with Gasteiger partial charge in [0, 0.05) is 20.3 Å². The van der Waals surface area contributed by atoms with Gasteiger partial charge in [-0.2, -0.15) is 0 Å². The number of hydrogen-bond donors (Lipinski definition) is 2. The minimum Gasteiger partial charge on any atom is -0.387 e. The van der Waals surface area contributed by atoms with Crippen molar-refractivity contribution >= 4 is 17.5 Å². The van der Waals surface area contributed by atoms with Crippen LogP contribution in [0.4, 0.5) is 4.39 Å². The Hall–Kier alpha value is -1.17. The molecule has 1 atom stereocenters. The molecule has 2 rings (SSSR count). The van der Waals surface area contributed by atoms with Crippen molar-refractivity contribution in [3.05, 3.63) is 34.6 Å². The molecule has 0 aliphatic heterocycles. The number of rotatable bonds is 7. The predicted octanol–water partition coefficient (Wildman–Crippen LogP) is 3.23. The number of nitrogens with one attached hydrogen (secondary N) is 1. The maximum Gasteiger partial charge on any atom is 0.226 e. The second-order valence-corrected chi connectivity index (χ2v) is 6.54. The molecule has 1 amide bonds. The smallest absolute Gasteiger partial charge is 0.226 e. The van der Waals surface area contributed by atoms with E-state index in [9.17, 15) is 14.3 Å². The Morgan fingerprint density at radius 2 is 2.17 bits per heavy atom. The lowest BCUT2D eigenvalue weighted by Gasteiger charge is -2.28. The summed E-state index contributed by atoms with van der Waals surface area (Å²) in [7, 11) is 1.62. The van der Waals surface area contributed by atoms with Crippen LogP contribution in [-0.2, 0) is 9.53 Å². The molecule has 1 aliphatic rings. The molecule has 0 radical (unpaired) electrons. The maximum atomic E-state index is 13.4. The Kier molecular flexibility index (Phi) is 6.39. The van der Waals surface area contributed by atoms with E-state index < -0.39 is 17.3 Å². The molecule has 23 heavy (non-hydrogen) atoms. The van der Waals surface area contributed by atoms with Gasteiger partial charge in [-0.1, -0.05) is 30.5 Å². The molecule has 0 bridgehead atoms. The van der Waals surface area contributed by atoms with Gasteiger partial charge in [0.25, 0.3) is 0 Å². The molecule has 0 saturated heterocycles. The zero-order valence-corrected chi connectivity index (χ0v) is 14.0. The van der Waals surface area contributed by atoms with Crippen LogP contribution in [0, 0.1) is 11.2 Å². The fraction of sp³-hybridized carbons (Fsp3) is 0.588. The van der Waals surface area contributed by atoms with Crippen molar-refractivity contribution in [2.45, 2.75) is 38.2 Å². The summed E-state index contributed by atoms with van der Waals surface area (Å²) >= 11 is 5.63. The highest BCUT2D eigenvalue weighted by Gasteiger charge is 2.40. The van der Waals surface area contributed by atoms with Crippen molar-refractivity contribution in [2.24, 2.45) is 5.41 Å². The van der Waals surface area contributed by atoms with Crippen molar-refractivity contribution in [1.82, 2.24) is 5.32 Å². The molecular formula is C17H23ClFNO3. The summed E-state index contributed by atoms with van der Waals surface area (Å²) in [5, 5.41) is 13.0. The number of ether oxygens (including phenoxy) is 1. The van der Waals surface area contributed by atoms with E-state index in [2.05, 4.69) is 5.32 Å². The van der Waals surface area contributed by atoms with E-state index in [1.54, 1.807) is 13.2 Å². The molecule has 0 spiro atoms. The first-order valence-electron chi connectivity index (χ1n) is 7.89. The second-order valence-electron chi connectivity index (χ2n) is 6.13. The molecule has 1 aromatic rings. The number of halogens is 2. The second kappa shape index (κ2) is 8.08. The average molecular weight is 344 g/mol. The van der Waals surface area contributed by atoms with Crippen LogP contribution in [0.1, 0.15) is 43.8 Å². The molecule has 0 heterocycles. The summed E-state index contributed by atoms with van der Waals surface area (Å²) in [6.07, 6.45) is 3.46. The molecule has 6 heteroatoms. The van der Waals surface area contributed by atoms with E-state index in [1.807, 2.05) is 0 Å². The van der Waals surface area contributed by atoms with Crippen molar-refractivity contribution in [1.29, 1.82) is 0 Å². The Morgan fingerprint density at radius 3 is 2.78 bits per heavy atom. The summed E-state index contributed by atoms with van der Waals surface area (Å²) in [5.74, 6) is -0.637. The largest absolute Gasteiger partial charge is 0.387 e.